The monoisotopic (exact) mass is 444 g/mol. The van der Waals surface area contributed by atoms with Crippen molar-refractivity contribution in [2.24, 2.45) is 5.92 Å². The molecule has 1 heterocycles. The lowest BCUT2D eigenvalue weighted by Crippen LogP contribution is -2.47. The Morgan fingerprint density at radius 1 is 1.22 bits per heavy atom. The number of carbonyl (C=O) groups excluding carboxylic acids is 1. The molecule has 2 saturated carbocycles. The van der Waals surface area contributed by atoms with E-state index < -0.39 is 23.7 Å². The van der Waals surface area contributed by atoms with E-state index >= 15 is 0 Å². The van der Waals surface area contributed by atoms with Gasteiger partial charge >= 0.3 is 12.1 Å². The third-order valence-corrected chi connectivity index (χ3v) is 7.34. The van der Waals surface area contributed by atoms with Crippen molar-refractivity contribution in [3.8, 4) is 0 Å². The standard InChI is InChI=1S/C25H36N2O5/c1-25(12-4-13-25)32-24(30)27-22(23(28)29)11-14-31-20-15-17(16-20)7-9-19-10-8-18-5-2-3-6-21(18)26-19/h8,10,17,20,22H,2-7,9,11-16H2,1H3,(H,27,30)(H,28,29). The Balaban J connectivity index is 1.11. The average molecular weight is 445 g/mol. The Labute approximate surface area is 190 Å². The van der Waals surface area contributed by atoms with Gasteiger partial charge in [0.2, 0.25) is 0 Å². The van der Waals surface area contributed by atoms with Crippen LogP contribution >= 0.6 is 0 Å². The highest BCUT2D eigenvalue weighted by atomic mass is 16.6. The van der Waals surface area contributed by atoms with Gasteiger partial charge in [-0.1, -0.05) is 6.07 Å². The zero-order valence-electron chi connectivity index (χ0n) is 19.1. The molecule has 1 aromatic rings. The van der Waals surface area contributed by atoms with Gasteiger partial charge in [0, 0.05) is 24.4 Å². The Bertz CT molecular complexity index is 817. The van der Waals surface area contributed by atoms with Crippen LogP contribution in [0.15, 0.2) is 12.1 Å². The molecule has 4 rings (SSSR count). The molecule has 7 nitrogen and oxygen atoms in total. The van der Waals surface area contributed by atoms with Gasteiger partial charge in [0.25, 0.3) is 0 Å². The maximum absolute atomic E-state index is 12.0. The number of nitrogens with zero attached hydrogens (tertiary/aromatic N) is 1. The molecule has 0 saturated heterocycles. The van der Waals surface area contributed by atoms with E-state index in [0.717, 1.165) is 51.4 Å². The molecule has 0 radical (unpaired) electrons. The molecule has 2 fully saturated rings. The van der Waals surface area contributed by atoms with Crippen molar-refractivity contribution in [3.63, 3.8) is 0 Å². The number of nitrogens with one attached hydrogen (secondary N) is 1. The number of aryl methyl sites for hydroxylation is 3. The summed E-state index contributed by atoms with van der Waals surface area (Å²) in [5, 5.41) is 11.9. The second-order valence-electron chi connectivity index (χ2n) is 10.0. The Morgan fingerprint density at radius 3 is 2.72 bits per heavy atom. The van der Waals surface area contributed by atoms with Crippen LogP contribution in [0.4, 0.5) is 4.79 Å². The zero-order chi connectivity index (χ0) is 22.6. The summed E-state index contributed by atoms with van der Waals surface area (Å²) in [5.74, 6) is -0.419. The van der Waals surface area contributed by atoms with Crippen LogP contribution < -0.4 is 5.32 Å². The predicted molar refractivity (Wildman–Crippen MR) is 120 cm³/mol. The van der Waals surface area contributed by atoms with E-state index in [4.69, 9.17) is 14.5 Å². The van der Waals surface area contributed by atoms with E-state index in [2.05, 4.69) is 17.4 Å². The number of carboxylic acids is 1. The second kappa shape index (κ2) is 10.2. The largest absolute Gasteiger partial charge is 0.480 e. The summed E-state index contributed by atoms with van der Waals surface area (Å²) in [6.07, 6.45) is 11.4. The van der Waals surface area contributed by atoms with Crippen LogP contribution in [0.25, 0.3) is 0 Å². The number of hydrogen-bond acceptors (Lipinski definition) is 5. The van der Waals surface area contributed by atoms with Gasteiger partial charge in [-0.25, -0.2) is 9.59 Å². The van der Waals surface area contributed by atoms with E-state index in [1.165, 1.54) is 36.2 Å². The van der Waals surface area contributed by atoms with Gasteiger partial charge in [-0.3, -0.25) is 4.98 Å². The van der Waals surface area contributed by atoms with Crippen LogP contribution in [0.2, 0.25) is 0 Å². The molecule has 3 aliphatic carbocycles. The van der Waals surface area contributed by atoms with Gasteiger partial charge < -0.3 is 19.9 Å². The molecule has 3 aliphatic rings. The topological polar surface area (TPSA) is 97.8 Å². The number of amides is 1. The highest BCUT2D eigenvalue weighted by molar-refractivity contribution is 5.80. The second-order valence-corrected chi connectivity index (χ2v) is 10.0. The zero-order valence-corrected chi connectivity index (χ0v) is 19.1. The number of rotatable bonds is 10. The van der Waals surface area contributed by atoms with Crippen molar-refractivity contribution in [1.29, 1.82) is 0 Å². The van der Waals surface area contributed by atoms with Gasteiger partial charge in [0.05, 0.1) is 6.10 Å². The fourth-order valence-corrected chi connectivity index (χ4v) is 4.95. The van der Waals surface area contributed by atoms with Crippen LogP contribution in [0.5, 0.6) is 0 Å². The Morgan fingerprint density at radius 2 is 2.00 bits per heavy atom. The lowest BCUT2D eigenvalue weighted by molar-refractivity contribution is -0.140. The maximum Gasteiger partial charge on any atom is 0.408 e. The van der Waals surface area contributed by atoms with Crippen molar-refractivity contribution < 1.29 is 24.2 Å². The number of alkyl carbamates (subject to hydrolysis) is 1. The lowest BCUT2D eigenvalue weighted by atomic mass is 9.79. The smallest absolute Gasteiger partial charge is 0.408 e. The van der Waals surface area contributed by atoms with Gasteiger partial charge in [0.15, 0.2) is 0 Å². The number of aliphatic carboxylic acids is 1. The van der Waals surface area contributed by atoms with Crippen LogP contribution in [0, 0.1) is 5.92 Å². The van der Waals surface area contributed by atoms with E-state index in [0.29, 0.717) is 12.5 Å². The van der Waals surface area contributed by atoms with Gasteiger partial charge in [0.1, 0.15) is 11.6 Å². The summed E-state index contributed by atoms with van der Waals surface area (Å²) in [4.78, 5) is 28.3. The molecule has 1 unspecified atom stereocenters. The van der Waals surface area contributed by atoms with Crippen LogP contribution in [-0.2, 0) is 33.5 Å². The third-order valence-electron chi connectivity index (χ3n) is 7.34. The molecule has 1 amide bonds. The third kappa shape index (κ3) is 6.00. The average Bonchev–Trinajstić information content (AvgIpc) is 2.72. The van der Waals surface area contributed by atoms with Crippen molar-refractivity contribution in [2.45, 2.75) is 102 Å². The Hall–Kier alpha value is -2.15. The van der Waals surface area contributed by atoms with Gasteiger partial charge in [-0.2, -0.15) is 0 Å². The van der Waals surface area contributed by atoms with E-state index in [9.17, 15) is 14.7 Å². The molecule has 2 N–H and O–H groups in total. The van der Waals surface area contributed by atoms with Crippen molar-refractivity contribution in [3.05, 3.63) is 29.1 Å². The van der Waals surface area contributed by atoms with Crippen LogP contribution in [0.3, 0.4) is 0 Å². The first kappa shape index (κ1) is 23.0. The summed E-state index contributed by atoms with van der Waals surface area (Å²) < 4.78 is 11.2. The van der Waals surface area contributed by atoms with Gasteiger partial charge in [-0.15, -0.1) is 0 Å². The molecule has 32 heavy (non-hydrogen) atoms. The SMILES string of the molecule is CC1(OC(=O)NC(CCOC2CC(CCc3ccc4c(n3)CCCC4)C2)C(=O)O)CCC1. The first-order chi connectivity index (χ1) is 15.4. The quantitative estimate of drug-likeness (QED) is 0.561. The molecule has 0 aromatic carbocycles. The minimum Gasteiger partial charge on any atom is -0.480 e. The Kier molecular flexibility index (Phi) is 7.33. The molecule has 7 heteroatoms. The number of carbonyl (C=O) groups is 2. The van der Waals surface area contributed by atoms with E-state index in [1.807, 2.05) is 6.92 Å². The van der Waals surface area contributed by atoms with Crippen molar-refractivity contribution in [1.82, 2.24) is 10.3 Å². The highest BCUT2D eigenvalue weighted by Crippen LogP contribution is 2.35. The van der Waals surface area contributed by atoms with Crippen LogP contribution in [-0.4, -0.2) is 46.5 Å². The molecular weight excluding hydrogens is 408 g/mol. The lowest BCUT2D eigenvalue weighted by Gasteiger charge is -2.37. The highest BCUT2D eigenvalue weighted by Gasteiger charge is 2.37. The summed E-state index contributed by atoms with van der Waals surface area (Å²) in [6.45, 7) is 2.20. The minimum absolute atomic E-state index is 0.187. The number of aromatic nitrogens is 1. The van der Waals surface area contributed by atoms with Crippen LogP contribution in [0.1, 0.15) is 81.7 Å². The molecule has 0 spiro atoms. The fraction of sp³-hybridized carbons (Fsp3) is 0.720. The molecule has 1 atom stereocenters. The number of ether oxygens (including phenoxy) is 2. The van der Waals surface area contributed by atoms with Crippen molar-refractivity contribution >= 4 is 12.1 Å². The first-order valence-corrected chi connectivity index (χ1v) is 12.2. The number of fused-ring (bicyclic) bond motifs is 1. The first-order valence-electron chi connectivity index (χ1n) is 12.2. The molecular formula is C25H36N2O5. The number of pyridine rings is 1. The van der Waals surface area contributed by atoms with E-state index in [1.54, 1.807) is 0 Å². The molecule has 1 aromatic heterocycles. The van der Waals surface area contributed by atoms with Crippen molar-refractivity contribution in [2.75, 3.05) is 6.61 Å². The summed E-state index contributed by atoms with van der Waals surface area (Å²) in [7, 11) is 0. The fourth-order valence-electron chi connectivity index (χ4n) is 4.95. The summed E-state index contributed by atoms with van der Waals surface area (Å²) in [6, 6.07) is 3.46. The molecule has 0 bridgehead atoms. The maximum atomic E-state index is 12.0. The minimum atomic E-state index is -1.06. The summed E-state index contributed by atoms with van der Waals surface area (Å²) in [5.41, 5.74) is 3.49. The molecule has 176 valence electrons. The number of hydrogen-bond donors (Lipinski definition) is 2. The molecule has 0 aliphatic heterocycles. The predicted octanol–water partition coefficient (Wildman–Crippen LogP) is 4.20. The van der Waals surface area contributed by atoms with Gasteiger partial charge in [-0.05, 0) is 95.1 Å². The number of carboxylic acid groups (broad SMARTS) is 1. The summed E-state index contributed by atoms with van der Waals surface area (Å²) >= 11 is 0. The van der Waals surface area contributed by atoms with E-state index in [-0.39, 0.29) is 12.5 Å². The normalized spacial score (nSPS) is 24.4.